The van der Waals surface area contributed by atoms with Gasteiger partial charge in [0.2, 0.25) is 0 Å². The molecule has 1 aliphatic rings. The first-order valence-corrected chi connectivity index (χ1v) is 7.36. The number of piperazine rings is 1. The molecule has 0 saturated carbocycles. The van der Waals surface area contributed by atoms with Crippen LogP contribution in [0.5, 0.6) is 0 Å². The highest BCUT2D eigenvalue weighted by Gasteiger charge is 2.26. The van der Waals surface area contributed by atoms with Gasteiger partial charge >= 0.3 is 0 Å². The molecule has 0 unspecified atom stereocenters. The van der Waals surface area contributed by atoms with Gasteiger partial charge in [-0.3, -0.25) is 9.58 Å². The van der Waals surface area contributed by atoms with Crippen LogP contribution in [0.15, 0.2) is 12.5 Å². The number of hydrogen-bond donors (Lipinski definition) is 1. The van der Waals surface area contributed by atoms with Crippen molar-refractivity contribution in [3.05, 3.63) is 12.5 Å². The normalized spacial score (nSPS) is 21.9. The third-order valence-corrected chi connectivity index (χ3v) is 4.07. The molecule has 0 aliphatic carbocycles. The predicted octanol–water partition coefficient (Wildman–Crippen LogP) is 0.255. The van der Waals surface area contributed by atoms with E-state index in [0.717, 1.165) is 43.0 Å². The maximum Gasteiger partial charge on any atom is 0.163 e. The molecule has 2 aromatic heterocycles. The van der Waals surface area contributed by atoms with Crippen LogP contribution < -0.4 is 4.90 Å². The molecule has 114 valence electrons. The summed E-state index contributed by atoms with van der Waals surface area (Å²) in [5, 5.41) is 14.8. The highest BCUT2D eigenvalue weighted by molar-refractivity contribution is 5.86. The average molecular weight is 290 g/mol. The number of aromatic nitrogens is 4. The topological polar surface area (TPSA) is 70.3 Å². The first kappa shape index (κ1) is 14.2. The van der Waals surface area contributed by atoms with E-state index in [9.17, 15) is 5.11 Å². The lowest BCUT2D eigenvalue weighted by atomic mass is 10.1. The Morgan fingerprint density at radius 3 is 2.90 bits per heavy atom. The summed E-state index contributed by atoms with van der Waals surface area (Å²) >= 11 is 0. The Labute approximate surface area is 124 Å². The molecule has 2 atom stereocenters. The van der Waals surface area contributed by atoms with Crippen molar-refractivity contribution in [3.8, 4) is 0 Å². The van der Waals surface area contributed by atoms with Crippen molar-refractivity contribution in [1.82, 2.24) is 24.6 Å². The molecule has 1 fully saturated rings. The molecular formula is C14H22N6O. The minimum Gasteiger partial charge on any atom is -0.392 e. The zero-order chi connectivity index (χ0) is 15.0. The number of aliphatic hydroxyl groups is 1. The molecule has 0 aromatic carbocycles. The highest BCUT2D eigenvalue weighted by Crippen LogP contribution is 2.24. The summed E-state index contributed by atoms with van der Waals surface area (Å²) in [4.78, 5) is 13.4. The molecule has 0 spiro atoms. The Morgan fingerprint density at radius 1 is 1.38 bits per heavy atom. The monoisotopic (exact) mass is 290 g/mol. The van der Waals surface area contributed by atoms with Crippen molar-refractivity contribution >= 4 is 16.9 Å². The third kappa shape index (κ3) is 2.71. The van der Waals surface area contributed by atoms with Crippen LogP contribution in [-0.2, 0) is 7.05 Å². The van der Waals surface area contributed by atoms with Crippen LogP contribution in [0.25, 0.3) is 11.0 Å². The third-order valence-electron chi connectivity index (χ3n) is 4.07. The molecule has 3 heterocycles. The van der Waals surface area contributed by atoms with Gasteiger partial charge in [0.15, 0.2) is 5.65 Å². The van der Waals surface area contributed by atoms with Crippen molar-refractivity contribution < 1.29 is 5.11 Å². The molecule has 1 aliphatic heterocycles. The number of hydrogen-bond acceptors (Lipinski definition) is 6. The molecule has 3 rings (SSSR count). The Kier molecular flexibility index (Phi) is 3.77. The molecular weight excluding hydrogens is 268 g/mol. The number of fused-ring (bicyclic) bond motifs is 1. The quantitative estimate of drug-likeness (QED) is 0.874. The Balaban J connectivity index is 1.82. The number of anilines is 1. The van der Waals surface area contributed by atoms with Gasteiger partial charge in [0.1, 0.15) is 12.1 Å². The first-order valence-electron chi connectivity index (χ1n) is 7.36. The fourth-order valence-electron chi connectivity index (χ4n) is 3.00. The number of β-amino-alcohol motifs (C(OH)–C–C–N with tert-alkyl or cyclic N) is 1. The second-order valence-electron chi connectivity index (χ2n) is 5.84. The van der Waals surface area contributed by atoms with Gasteiger partial charge in [0.25, 0.3) is 0 Å². The number of rotatable bonds is 3. The van der Waals surface area contributed by atoms with E-state index < -0.39 is 0 Å². The average Bonchev–Trinajstić information content (AvgIpc) is 2.83. The zero-order valence-corrected chi connectivity index (χ0v) is 12.8. The van der Waals surface area contributed by atoms with Gasteiger partial charge in [-0.2, -0.15) is 5.10 Å². The number of aryl methyl sites for hydroxylation is 1. The van der Waals surface area contributed by atoms with Gasteiger partial charge in [-0.25, -0.2) is 9.97 Å². The van der Waals surface area contributed by atoms with Gasteiger partial charge < -0.3 is 10.0 Å². The Morgan fingerprint density at radius 2 is 2.19 bits per heavy atom. The Hall–Kier alpha value is -1.73. The summed E-state index contributed by atoms with van der Waals surface area (Å²) in [7, 11) is 1.89. The van der Waals surface area contributed by atoms with E-state index in [1.54, 1.807) is 11.0 Å². The van der Waals surface area contributed by atoms with Crippen LogP contribution in [0.1, 0.15) is 13.8 Å². The lowest BCUT2D eigenvalue weighted by Gasteiger charge is -2.41. The van der Waals surface area contributed by atoms with E-state index in [1.807, 2.05) is 20.2 Å². The fourth-order valence-corrected chi connectivity index (χ4v) is 3.00. The summed E-state index contributed by atoms with van der Waals surface area (Å²) < 4.78 is 1.77. The molecule has 0 radical (unpaired) electrons. The summed E-state index contributed by atoms with van der Waals surface area (Å²) in [5.41, 5.74) is 0.860. The van der Waals surface area contributed by atoms with Crippen molar-refractivity contribution in [3.63, 3.8) is 0 Å². The van der Waals surface area contributed by atoms with Crippen molar-refractivity contribution in [1.29, 1.82) is 0 Å². The van der Waals surface area contributed by atoms with Gasteiger partial charge in [-0.15, -0.1) is 0 Å². The molecule has 0 amide bonds. The van der Waals surface area contributed by atoms with Crippen LogP contribution in [0.3, 0.4) is 0 Å². The van der Waals surface area contributed by atoms with Crippen LogP contribution in [0.2, 0.25) is 0 Å². The van der Waals surface area contributed by atoms with Crippen molar-refractivity contribution in [2.45, 2.75) is 26.0 Å². The molecule has 1 saturated heterocycles. The first-order chi connectivity index (χ1) is 10.1. The maximum atomic E-state index is 9.56. The molecule has 7 nitrogen and oxygen atoms in total. The summed E-state index contributed by atoms with van der Waals surface area (Å²) in [6, 6.07) is 0.384. The second kappa shape index (κ2) is 5.57. The van der Waals surface area contributed by atoms with Gasteiger partial charge in [0, 0.05) is 39.3 Å². The SMILES string of the molecule is C[C@H](O)CN1CCN(c2ncnc3c2cnn3C)C[C@H]1C. The van der Waals surface area contributed by atoms with Crippen LogP contribution in [-0.4, -0.2) is 68.1 Å². The predicted molar refractivity (Wildman–Crippen MR) is 81.2 cm³/mol. The van der Waals surface area contributed by atoms with Crippen molar-refractivity contribution in [2.24, 2.45) is 7.05 Å². The highest BCUT2D eigenvalue weighted by atomic mass is 16.3. The Bertz CT molecular complexity index is 625. The standard InChI is InChI=1S/C14H22N6O/c1-10-7-20(5-4-19(10)8-11(2)21)14-12-6-17-18(3)13(12)15-9-16-14/h6,9-11,21H,4-5,7-8H2,1-3H3/t10-,11+/m1/s1. The summed E-state index contributed by atoms with van der Waals surface area (Å²) in [5.74, 6) is 0.955. The second-order valence-corrected chi connectivity index (χ2v) is 5.84. The van der Waals surface area contributed by atoms with Crippen LogP contribution >= 0.6 is 0 Å². The van der Waals surface area contributed by atoms with E-state index in [0.29, 0.717) is 6.04 Å². The summed E-state index contributed by atoms with van der Waals surface area (Å²) in [6.45, 7) is 7.48. The van der Waals surface area contributed by atoms with Crippen LogP contribution in [0.4, 0.5) is 5.82 Å². The number of nitrogens with zero attached hydrogens (tertiary/aromatic N) is 6. The molecule has 2 aromatic rings. The van der Waals surface area contributed by atoms with Crippen molar-refractivity contribution in [2.75, 3.05) is 31.1 Å². The fraction of sp³-hybridized carbons (Fsp3) is 0.643. The minimum atomic E-state index is -0.289. The molecule has 7 heteroatoms. The lowest BCUT2D eigenvalue weighted by molar-refractivity contribution is 0.0959. The minimum absolute atomic E-state index is 0.289. The van der Waals surface area contributed by atoms with E-state index in [-0.39, 0.29) is 6.10 Å². The number of aliphatic hydroxyl groups excluding tert-OH is 1. The van der Waals surface area contributed by atoms with Crippen LogP contribution in [0, 0.1) is 0 Å². The molecule has 0 bridgehead atoms. The van der Waals surface area contributed by atoms with Gasteiger partial charge in [-0.1, -0.05) is 0 Å². The van der Waals surface area contributed by atoms with E-state index in [4.69, 9.17) is 0 Å². The lowest BCUT2D eigenvalue weighted by Crippen LogP contribution is -2.53. The zero-order valence-electron chi connectivity index (χ0n) is 12.8. The smallest absolute Gasteiger partial charge is 0.163 e. The van der Waals surface area contributed by atoms with E-state index in [1.165, 1.54) is 0 Å². The van der Waals surface area contributed by atoms with E-state index in [2.05, 4.69) is 31.8 Å². The molecule has 21 heavy (non-hydrogen) atoms. The van der Waals surface area contributed by atoms with Gasteiger partial charge in [-0.05, 0) is 13.8 Å². The largest absolute Gasteiger partial charge is 0.392 e. The maximum absolute atomic E-state index is 9.56. The molecule has 1 N–H and O–H groups in total. The van der Waals surface area contributed by atoms with E-state index >= 15 is 0 Å². The summed E-state index contributed by atoms with van der Waals surface area (Å²) in [6.07, 6.45) is 3.15. The van der Waals surface area contributed by atoms with Gasteiger partial charge in [0.05, 0.1) is 17.7 Å².